The number of aromatic nitrogens is 1. The third-order valence-electron chi connectivity index (χ3n) is 9.35. The Hall–Kier alpha value is -5.52. The van der Waals surface area contributed by atoms with Crippen LogP contribution in [-0.2, 0) is 26.4 Å². The average molecular weight is 657 g/mol. The SMILES string of the molecule is Cc1c2cc(n1C)-c1cc(Cl)ccc1C(=O)N1CCc3c(cccc3C1)CCCOc1cc(C#N)cc(c1)N(c1ccc(O)cc1)C2=O. The van der Waals surface area contributed by atoms with E-state index in [9.17, 15) is 20.0 Å². The quantitative estimate of drug-likeness (QED) is 0.199. The molecule has 0 fully saturated rings. The second kappa shape index (κ2) is 12.6. The molecule has 8 nitrogen and oxygen atoms in total. The Morgan fingerprint density at radius 2 is 1.65 bits per heavy atom. The number of nitriles is 1. The van der Waals surface area contributed by atoms with Crippen molar-refractivity contribution >= 4 is 34.8 Å². The molecule has 3 aliphatic heterocycles. The first-order chi connectivity index (χ1) is 23.2. The summed E-state index contributed by atoms with van der Waals surface area (Å²) in [5, 5.41) is 20.5. The number of nitrogens with zero attached hydrogens (tertiary/aromatic N) is 4. The van der Waals surface area contributed by atoms with Crippen LogP contribution in [0, 0.1) is 18.3 Å². The fourth-order valence-electron chi connectivity index (χ4n) is 6.77. The lowest BCUT2D eigenvalue weighted by molar-refractivity contribution is 0.0735. The molecule has 3 aliphatic rings. The number of phenols is 1. The lowest BCUT2D eigenvalue weighted by Crippen LogP contribution is -2.36. The monoisotopic (exact) mass is 656 g/mol. The predicted octanol–water partition coefficient (Wildman–Crippen LogP) is 7.73. The highest BCUT2D eigenvalue weighted by molar-refractivity contribution is 6.31. The molecule has 240 valence electrons. The van der Waals surface area contributed by atoms with Crippen molar-refractivity contribution in [1.29, 1.82) is 5.26 Å². The summed E-state index contributed by atoms with van der Waals surface area (Å²) >= 11 is 6.54. The number of carbonyl (C=O) groups is 2. The van der Waals surface area contributed by atoms with Gasteiger partial charge in [0, 0.05) is 59.4 Å². The Labute approximate surface area is 284 Å². The Kier molecular flexibility index (Phi) is 8.16. The number of rotatable bonds is 1. The molecule has 8 rings (SSSR count). The van der Waals surface area contributed by atoms with Crippen molar-refractivity contribution < 1.29 is 19.4 Å². The molecule has 4 heterocycles. The molecular formula is C39H33ClN4O4. The first-order valence-electron chi connectivity index (χ1n) is 15.9. The molecule has 5 aromatic rings. The van der Waals surface area contributed by atoms with Crippen LogP contribution in [-0.4, -0.2) is 39.5 Å². The summed E-state index contributed by atoms with van der Waals surface area (Å²) in [5.41, 5.74) is 7.82. The van der Waals surface area contributed by atoms with Gasteiger partial charge in [0.1, 0.15) is 11.5 Å². The van der Waals surface area contributed by atoms with Crippen molar-refractivity contribution in [2.75, 3.05) is 18.1 Å². The van der Waals surface area contributed by atoms with Crippen LogP contribution >= 0.6 is 11.6 Å². The van der Waals surface area contributed by atoms with Crippen LogP contribution in [0.3, 0.4) is 0 Å². The van der Waals surface area contributed by atoms with Crippen molar-refractivity contribution in [3.05, 3.63) is 129 Å². The van der Waals surface area contributed by atoms with Gasteiger partial charge >= 0.3 is 0 Å². The number of anilines is 2. The van der Waals surface area contributed by atoms with Crippen LogP contribution in [0.4, 0.5) is 11.4 Å². The summed E-state index contributed by atoms with van der Waals surface area (Å²) in [6, 6.07) is 27.0. The smallest absolute Gasteiger partial charge is 0.264 e. The number of hydrogen-bond acceptors (Lipinski definition) is 5. The van der Waals surface area contributed by atoms with Gasteiger partial charge in [0.05, 0.1) is 29.5 Å². The highest BCUT2D eigenvalue weighted by Crippen LogP contribution is 2.37. The Balaban J connectivity index is 1.42. The van der Waals surface area contributed by atoms with Crippen molar-refractivity contribution in [3.63, 3.8) is 0 Å². The molecule has 1 N–H and O–H groups in total. The molecule has 9 heteroatoms. The number of phenolic OH excluding ortho intramolecular Hbond substituents is 1. The first-order valence-corrected chi connectivity index (χ1v) is 16.3. The van der Waals surface area contributed by atoms with Gasteiger partial charge in [0.25, 0.3) is 11.8 Å². The number of ether oxygens (including phenoxy) is 1. The molecule has 0 atom stereocenters. The van der Waals surface area contributed by atoms with Crippen LogP contribution in [0.1, 0.15) is 55.1 Å². The molecule has 4 aromatic carbocycles. The van der Waals surface area contributed by atoms with Gasteiger partial charge in [-0.2, -0.15) is 5.26 Å². The number of halogens is 1. The molecule has 8 bridgehead atoms. The molecule has 48 heavy (non-hydrogen) atoms. The summed E-state index contributed by atoms with van der Waals surface area (Å²) in [6.45, 7) is 3.35. The Morgan fingerprint density at radius 1 is 0.854 bits per heavy atom. The standard InChI is InChI=1S/C39H33ClN4O4/c1-24-35-21-37(42(24)2)36-19-28(40)8-13-34(36)38(46)43-15-14-33-26(5-3-6-27(33)23-43)7-4-16-48-32-18-25(22-41)17-30(20-32)44(39(35)47)29-9-11-31(45)12-10-29/h3,5-6,8-13,17-21,45H,4,7,14-16,23H2,1-2H3. The van der Waals surface area contributed by atoms with Gasteiger partial charge in [-0.3, -0.25) is 14.5 Å². The van der Waals surface area contributed by atoms with Crippen molar-refractivity contribution in [1.82, 2.24) is 9.47 Å². The maximum Gasteiger partial charge on any atom is 0.264 e. The first kappa shape index (κ1) is 31.1. The highest BCUT2D eigenvalue weighted by atomic mass is 35.5. The van der Waals surface area contributed by atoms with Crippen molar-refractivity contribution in [2.24, 2.45) is 7.05 Å². The average Bonchev–Trinajstić information content (AvgIpc) is 3.39. The molecule has 0 saturated heterocycles. The van der Waals surface area contributed by atoms with Gasteiger partial charge in [-0.15, -0.1) is 0 Å². The second-order valence-corrected chi connectivity index (χ2v) is 12.7. The summed E-state index contributed by atoms with van der Waals surface area (Å²) in [7, 11) is 1.86. The lowest BCUT2D eigenvalue weighted by atomic mass is 9.91. The summed E-state index contributed by atoms with van der Waals surface area (Å²) in [5.74, 6) is 0.0842. The van der Waals surface area contributed by atoms with E-state index in [1.807, 2.05) is 23.4 Å². The van der Waals surface area contributed by atoms with E-state index in [1.54, 1.807) is 54.6 Å². The van der Waals surface area contributed by atoms with Crippen LogP contribution in [0.2, 0.25) is 5.02 Å². The van der Waals surface area contributed by atoms with Gasteiger partial charge < -0.3 is 19.3 Å². The molecule has 1 aromatic heterocycles. The minimum absolute atomic E-state index is 0.0568. The van der Waals surface area contributed by atoms with E-state index in [2.05, 4.69) is 24.3 Å². The molecule has 0 spiro atoms. The Bertz CT molecular complexity index is 2130. The van der Waals surface area contributed by atoms with E-state index in [0.29, 0.717) is 75.5 Å². The molecule has 0 saturated carbocycles. The third kappa shape index (κ3) is 5.67. The molecule has 0 aliphatic carbocycles. The summed E-state index contributed by atoms with van der Waals surface area (Å²) in [6.07, 6.45) is 2.30. The number of amides is 2. The number of aryl methyl sites for hydroxylation is 1. The predicted molar refractivity (Wildman–Crippen MR) is 185 cm³/mol. The highest BCUT2D eigenvalue weighted by Gasteiger charge is 2.29. The maximum absolute atomic E-state index is 14.7. The minimum atomic E-state index is -0.354. The van der Waals surface area contributed by atoms with E-state index in [-0.39, 0.29) is 17.6 Å². The number of aromatic hydroxyl groups is 1. The Morgan fingerprint density at radius 3 is 2.44 bits per heavy atom. The largest absolute Gasteiger partial charge is 0.508 e. The minimum Gasteiger partial charge on any atom is -0.508 e. The van der Waals surface area contributed by atoms with Crippen molar-refractivity contribution in [2.45, 2.75) is 32.7 Å². The normalized spacial score (nSPS) is 14.7. The third-order valence-corrected chi connectivity index (χ3v) is 9.59. The molecular weight excluding hydrogens is 624 g/mol. The van der Waals surface area contributed by atoms with Gasteiger partial charge in [0.15, 0.2) is 0 Å². The van der Waals surface area contributed by atoms with Crippen LogP contribution in [0.15, 0.2) is 84.9 Å². The second-order valence-electron chi connectivity index (χ2n) is 12.2. The number of carbonyl (C=O) groups excluding carboxylic acids is 2. The fourth-order valence-corrected chi connectivity index (χ4v) is 6.95. The maximum atomic E-state index is 14.7. The van der Waals surface area contributed by atoms with E-state index < -0.39 is 0 Å². The van der Waals surface area contributed by atoms with Gasteiger partial charge in [-0.1, -0.05) is 29.8 Å². The van der Waals surface area contributed by atoms with Crippen LogP contribution in [0.25, 0.3) is 11.3 Å². The zero-order valence-corrected chi connectivity index (χ0v) is 27.4. The van der Waals surface area contributed by atoms with E-state index in [4.69, 9.17) is 16.3 Å². The van der Waals surface area contributed by atoms with Gasteiger partial charge in [0.2, 0.25) is 0 Å². The molecule has 0 unspecified atom stereocenters. The van der Waals surface area contributed by atoms with E-state index in [1.165, 1.54) is 28.2 Å². The zero-order chi connectivity index (χ0) is 33.5. The number of fused-ring (bicyclic) bond motifs is 5. The fraction of sp³-hybridized carbons (Fsp3) is 0.205. The number of hydrogen-bond donors (Lipinski definition) is 1. The summed E-state index contributed by atoms with van der Waals surface area (Å²) < 4.78 is 8.10. The van der Waals surface area contributed by atoms with Crippen molar-refractivity contribution in [3.8, 4) is 28.8 Å². The zero-order valence-electron chi connectivity index (χ0n) is 26.7. The lowest BCUT2D eigenvalue weighted by Gasteiger charge is -2.31. The van der Waals surface area contributed by atoms with Crippen LogP contribution < -0.4 is 9.64 Å². The molecule has 0 radical (unpaired) electrons. The van der Waals surface area contributed by atoms with Crippen LogP contribution in [0.5, 0.6) is 11.5 Å². The van der Waals surface area contributed by atoms with E-state index >= 15 is 0 Å². The van der Waals surface area contributed by atoms with E-state index in [0.717, 1.165) is 24.8 Å². The van der Waals surface area contributed by atoms with Gasteiger partial charge in [-0.25, -0.2) is 0 Å². The summed E-state index contributed by atoms with van der Waals surface area (Å²) in [4.78, 5) is 32.3. The van der Waals surface area contributed by atoms with Gasteiger partial charge in [-0.05, 0) is 104 Å². The number of benzene rings is 4. The topological polar surface area (TPSA) is 98.8 Å². The molecule has 2 amide bonds.